The topological polar surface area (TPSA) is 78.9 Å². The van der Waals surface area contributed by atoms with Crippen LogP contribution in [0.4, 0.5) is 10.5 Å². The van der Waals surface area contributed by atoms with Gasteiger partial charge in [0.05, 0.1) is 5.92 Å². The summed E-state index contributed by atoms with van der Waals surface area (Å²) in [7, 11) is 0. The van der Waals surface area contributed by atoms with Gasteiger partial charge in [0.25, 0.3) is 0 Å². The fraction of sp³-hybridized carbons (Fsp3) is 0.556. The largest absolute Gasteiger partial charge is 0.508 e. The Kier molecular flexibility index (Phi) is 5.36. The molecule has 6 nitrogen and oxygen atoms in total. The molecule has 2 amide bonds. The van der Waals surface area contributed by atoms with E-state index >= 15 is 0 Å². The van der Waals surface area contributed by atoms with E-state index in [0.717, 1.165) is 18.4 Å². The molecule has 1 aromatic rings. The molecule has 1 fully saturated rings. The Morgan fingerprint density at radius 1 is 1.33 bits per heavy atom. The van der Waals surface area contributed by atoms with Crippen molar-refractivity contribution in [2.75, 3.05) is 18.4 Å². The first-order chi connectivity index (χ1) is 11.2. The maximum Gasteiger partial charge on any atom is 0.410 e. The normalized spacial score (nSPS) is 18.2. The fourth-order valence-electron chi connectivity index (χ4n) is 2.71. The van der Waals surface area contributed by atoms with Crippen LogP contribution >= 0.6 is 0 Å². The summed E-state index contributed by atoms with van der Waals surface area (Å²) in [5, 5.41) is 12.3. The van der Waals surface area contributed by atoms with Crippen molar-refractivity contribution in [3.63, 3.8) is 0 Å². The number of hydrogen-bond donors (Lipinski definition) is 2. The number of phenols is 1. The highest BCUT2D eigenvalue weighted by molar-refractivity contribution is 5.93. The van der Waals surface area contributed by atoms with Crippen molar-refractivity contribution < 1.29 is 19.4 Å². The highest BCUT2D eigenvalue weighted by Gasteiger charge is 2.31. The van der Waals surface area contributed by atoms with Crippen molar-refractivity contribution in [3.8, 4) is 5.75 Å². The van der Waals surface area contributed by atoms with Crippen molar-refractivity contribution in [1.29, 1.82) is 0 Å². The van der Waals surface area contributed by atoms with Gasteiger partial charge in [0.1, 0.15) is 11.4 Å². The number of hydrogen-bond acceptors (Lipinski definition) is 4. The van der Waals surface area contributed by atoms with Gasteiger partial charge in [-0.1, -0.05) is 0 Å². The molecule has 0 aliphatic carbocycles. The van der Waals surface area contributed by atoms with Crippen LogP contribution in [0.5, 0.6) is 5.75 Å². The number of nitrogens with one attached hydrogen (secondary N) is 1. The van der Waals surface area contributed by atoms with Gasteiger partial charge in [0.15, 0.2) is 0 Å². The number of likely N-dealkylation sites (tertiary alicyclic amines) is 1. The molecule has 0 spiro atoms. The number of amides is 2. The molecule has 1 unspecified atom stereocenters. The highest BCUT2D eigenvalue weighted by Crippen LogP contribution is 2.24. The van der Waals surface area contributed by atoms with E-state index in [0.29, 0.717) is 18.8 Å². The van der Waals surface area contributed by atoms with Gasteiger partial charge < -0.3 is 20.1 Å². The van der Waals surface area contributed by atoms with Gasteiger partial charge in [0.2, 0.25) is 5.91 Å². The zero-order valence-corrected chi connectivity index (χ0v) is 14.8. The van der Waals surface area contributed by atoms with Crippen LogP contribution < -0.4 is 5.32 Å². The molecule has 6 heteroatoms. The summed E-state index contributed by atoms with van der Waals surface area (Å²) in [6.45, 7) is 8.27. The van der Waals surface area contributed by atoms with Gasteiger partial charge in [-0.3, -0.25) is 4.79 Å². The second-order valence-corrected chi connectivity index (χ2v) is 7.25. The number of ether oxygens (including phenoxy) is 1. The smallest absolute Gasteiger partial charge is 0.410 e. The number of benzene rings is 1. The Morgan fingerprint density at radius 2 is 2.04 bits per heavy atom. The van der Waals surface area contributed by atoms with Crippen LogP contribution in [0, 0.1) is 12.8 Å². The number of aryl methyl sites for hydroxylation is 1. The fourth-order valence-corrected chi connectivity index (χ4v) is 2.71. The third kappa shape index (κ3) is 4.88. The lowest BCUT2D eigenvalue weighted by molar-refractivity contribution is -0.121. The number of phenolic OH excluding ortho intramolecular Hbond substituents is 1. The van der Waals surface area contributed by atoms with E-state index in [1.54, 1.807) is 17.0 Å². The van der Waals surface area contributed by atoms with Crippen molar-refractivity contribution >= 4 is 17.7 Å². The predicted molar refractivity (Wildman–Crippen MR) is 92.0 cm³/mol. The molecule has 1 aliphatic heterocycles. The zero-order chi connectivity index (χ0) is 17.9. The molecule has 0 saturated carbocycles. The van der Waals surface area contributed by atoms with Gasteiger partial charge in [-0.25, -0.2) is 4.79 Å². The lowest BCUT2D eigenvalue weighted by Gasteiger charge is -2.33. The van der Waals surface area contributed by atoms with Gasteiger partial charge in [-0.15, -0.1) is 0 Å². The lowest BCUT2D eigenvalue weighted by atomic mass is 9.97. The third-order valence-electron chi connectivity index (χ3n) is 3.91. The summed E-state index contributed by atoms with van der Waals surface area (Å²) >= 11 is 0. The molecule has 1 aromatic carbocycles. The Labute approximate surface area is 142 Å². The summed E-state index contributed by atoms with van der Waals surface area (Å²) in [5.41, 5.74) is 0.922. The van der Waals surface area contributed by atoms with Gasteiger partial charge >= 0.3 is 6.09 Å². The summed E-state index contributed by atoms with van der Waals surface area (Å²) in [4.78, 5) is 26.3. The van der Waals surface area contributed by atoms with Crippen molar-refractivity contribution in [1.82, 2.24) is 4.90 Å². The number of anilines is 1. The van der Waals surface area contributed by atoms with Crippen LogP contribution in [-0.4, -0.2) is 40.7 Å². The Morgan fingerprint density at radius 3 is 2.67 bits per heavy atom. The first kappa shape index (κ1) is 18.1. The molecule has 0 aromatic heterocycles. The molecule has 132 valence electrons. The molecule has 24 heavy (non-hydrogen) atoms. The Balaban J connectivity index is 1.98. The number of carbonyl (C=O) groups is 2. The van der Waals surface area contributed by atoms with E-state index < -0.39 is 5.60 Å². The first-order valence-electron chi connectivity index (χ1n) is 8.24. The van der Waals surface area contributed by atoms with Crippen molar-refractivity contribution in [2.45, 2.75) is 46.1 Å². The number of piperidine rings is 1. The molecular formula is C18H26N2O4. The van der Waals surface area contributed by atoms with E-state index in [1.165, 1.54) is 6.07 Å². The van der Waals surface area contributed by atoms with E-state index in [4.69, 9.17) is 4.74 Å². The predicted octanol–water partition coefficient (Wildman–Crippen LogP) is 3.29. The molecule has 2 N–H and O–H groups in total. The SMILES string of the molecule is Cc1cc(O)ccc1NC(=O)C1CCCN(C(=O)OC(C)(C)C)C1. The molecule has 1 heterocycles. The van der Waals surface area contributed by atoms with Crippen LogP contribution in [0.15, 0.2) is 18.2 Å². The second-order valence-electron chi connectivity index (χ2n) is 7.25. The number of nitrogens with zero attached hydrogens (tertiary/aromatic N) is 1. The van der Waals surface area contributed by atoms with Gasteiger partial charge in [-0.2, -0.15) is 0 Å². The lowest BCUT2D eigenvalue weighted by Crippen LogP contribution is -2.45. The number of aromatic hydroxyl groups is 1. The van der Waals surface area contributed by atoms with E-state index in [-0.39, 0.29) is 23.7 Å². The van der Waals surface area contributed by atoms with E-state index in [2.05, 4.69) is 5.32 Å². The molecule has 1 atom stereocenters. The maximum atomic E-state index is 12.5. The zero-order valence-electron chi connectivity index (χ0n) is 14.8. The van der Waals surface area contributed by atoms with Gasteiger partial charge in [-0.05, 0) is 64.3 Å². The van der Waals surface area contributed by atoms with Crippen LogP contribution in [0.1, 0.15) is 39.2 Å². The minimum Gasteiger partial charge on any atom is -0.508 e. The van der Waals surface area contributed by atoms with Crippen molar-refractivity contribution in [3.05, 3.63) is 23.8 Å². The summed E-state index contributed by atoms with van der Waals surface area (Å²) in [5.74, 6) is -0.212. The Hall–Kier alpha value is -2.24. The van der Waals surface area contributed by atoms with Crippen molar-refractivity contribution in [2.24, 2.45) is 5.92 Å². The van der Waals surface area contributed by atoms with E-state index in [1.807, 2.05) is 27.7 Å². The summed E-state index contributed by atoms with van der Waals surface area (Å²) in [6, 6.07) is 4.82. The molecule has 2 rings (SSSR count). The average molecular weight is 334 g/mol. The highest BCUT2D eigenvalue weighted by atomic mass is 16.6. The average Bonchev–Trinajstić information content (AvgIpc) is 2.48. The third-order valence-corrected chi connectivity index (χ3v) is 3.91. The van der Waals surface area contributed by atoms with Crippen LogP contribution in [-0.2, 0) is 9.53 Å². The minimum absolute atomic E-state index is 0.114. The quantitative estimate of drug-likeness (QED) is 0.814. The standard InChI is InChI=1S/C18H26N2O4/c1-12-10-14(21)7-8-15(12)19-16(22)13-6-5-9-20(11-13)17(23)24-18(2,3)4/h7-8,10,13,21H,5-6,9,11H2,1-4H3,(H,19,22). The van der Waals surface area contributed by atoms with Crippen LogP contribution in [0.2, 0.25) is 0 Å². The van der Waals surface area contributed by atoms with Crippen LogP contribution in [0.25, 0.3) is 0 Å². The molecule has 1 aliphatic rings. The van der Waals surface area contributed by atoms with E-state index in [9.17, 15) is 14.7 Å². The molecule has 0 bridgehead atoms. The second kappa shape index (κ2) is 7.11. The summed E-state index contributed by atoms with van der Waals surface area (Å²) in [6.07, 6.45) is 1.13. The monoisotopic (exact) mass is 334 g/mol. The number of carbonyl (C=O) groups excluding carboxylic acids is 2. The van der Waals surface area contributed by atoms with Crippen LogP contribution in [0.3, 0.4) is 0 Å². The minimum atomic E-state index is -0.546. The van der Waals surface area contributed by atoms with Gasteiger partial charge in [0, 0.05) is 18.8 Å². The Bertz CT molecular complexity index is 622. The molecule has 1 saturated heterocycles. The maximum absolute atomic E-state index is 12.5. The molecular weight excluding hydrogens is 308 g/mol. The summed E-state index contributed by atoms with van der Waals surface area (Å²) < 4.78 is 5.38. The number of rotatable bonds is 2. The first-order valence-corrected chi connectivity index (χ1v) is 8.24. The molecule has 0 radical (unpaired) electrons.